The van der Waals surface area contributed by atoms with Crippen LogP contribution < -0.4 is 11.1 Å². The third kappa shape index (κ3) is 8.00. The third-order valence-corrected chi connectivity index (χ3v) is 2.78. The van der Waals surface area contributed by atoms with E-state index in [1.54, 1.807) is 20.8 Å². The minimum Gasteiger partial charge on any atom is -0.463 e. The van der Waals surface area contributed by atoms with Gasteiger partial charge in [-0.05, 0) is 26.3 Å². The molecule has 5 nitrogen and oxygen atoms in total. The van der Waals surface area contributed by atoms with Crippen molar-refractivity contribution < 1.29 is 14.3 Å². The summed E-state index contributed by atoms with van der Waals surface area (Å²) in [6, 6.07) is 8.75. The van der Waals surface area contributed by atoms with Gasteiger partial charge in [-0.1, -0.05) is 30.3 Å². The topological polar surface area (TPSA) is 81.4 Å². The lowest BCUT2D eigenvalue weighted by atomic mass is 10.0. The summed E-state index contributed by atoms with van der Waals surface area (Å²) in [7, 11) is 0. The number of rotatable bonds is 7. The molecule has 1 rings (SSSR count). The molecular formula is C16H25ClN2O3. The van der Waals surface area contributed by atoms with E-state index in [1.165, 1.54) is 0 Å². The minimum atomic E-state index is -0.399. The number of esters is 1. The molecule has 0 aliphatic heterocycles. The van der Waals surface area contributed by atoms with E-state index in [9.17, 15) is 9.59 Å². The molecule has 0 radical (unpaired) electrons. The molecule has 22 heavy (non-hydrogen) atoms. The van der Waals surface area contributed by atoms with Crippen molar-refractivity contribution in [3.63, 3.8) is 0 Å². The zero-order valence-electron chi connectivity index (χ0n) is 13.2. The summed E-state index contributed by atoms with van der Waals surface area (Å²) >= 11 is 0. The quantitative estimate of drug-likeness (QED) is 0.753. The molecule has 2 unspecified atom stereocenters. The van der Waals surface area contributed by atoms with Crippen molar-refractivity contribution in [1.82, 2.24) is 5.32 Å². The molecule has 1 amide bonds. The monoisotopic (exact) mass is 328 g/mol. The van der Waals surface area contributed by atoms with Crippen LogP contribution in [0.5, 0.6) is 0 Å². The zero-order chi connectivity index (χ0) is 15.8. The highest BCUT2D eigenvalue weighted by Gasteiger charge is 2.20. The molecule has 1 aromatic carbocycles. The molecule has 0 aliphatic carbocycles. The van der Waals surface area contributed by atoms with Gasteiger partial charge in [0.05, 0.1) is 18.6 Å². The summed E-state index contributed by atoms with van der Waals surface area (Å²) in [5, 5.41) is 2.85. The van der Waals surface area contributed by atoms with E-state index in [0.717, 1.165) is 5.56 Å². The highest BCUT2D eigenvalue weighted by Crippen LogP contribution is 2.18. The van der Waals surface area contributed by atoms with Crippen LogP contribution in [0.3, 0.4) is 0 Å². The third-order valence-electron chi connectivity index (χ3n) is 2.78. The summed E-state index contributed by atoms with van der Waals surface area (Å²) < 4.78 is 5.15. The molecule has 0 aliphatic rings. The molecular weight excluding hydrogens is 304 g/mol. The number of carbonyl (C=O) groups excluding carboxylic acids is 2. The largest absolute Gasteiger partial charge is 0.463 e. The Balaban J connectivity index is 0.00000441. The predicted molar refractivity (Wildman–Crippen MR) is 88.7 cm³/mol. The Hall–Kier alpha value is -1.59. The average Bonchev–Trinajstić information content (AvgIpc) is 2.37. The Bertz CT molecular complexity index is 440. The molecule has 3 N–H and O–H groups in total. The minimum absolute atomic E-state index is 0. The number of benzene rings is 1. The highest BCUT2D eigenvalue weighted by atomic mass is 35.5. The number of hydrogen-bond donors (Lipinski definition) is 2. The van der Waals surface area contributed by atoms with Crippen molar-refractivity contribution in [3.05, 3.63) is 35.9 Å². The fraction of sp³-hybridized carbons (Fsp3) is 0.500. The molecule has 0 bridgehead atoms. The Morgan fingerprint density at radius 3 is 2.23 bits per heavy atom. The highest BCUT2D eigenvalue weighted by molar-refractivity contribution is 5.85. The fourth-order valence-electron chi connectivity index (χ4n) is 1.96. The van der Waals surface area contributed by atoms with Gasteiger partial charge >= 0.3 is 5.97 Å². The number of amides is 1. The fourth-order valence-corrected chi connectivity index (χ4v) is 1.96. The van der Waals surface area contributed by atoms with Gasteiger partial charge in [0.1, 0.15) is 0 Å². The Morgan fingerprint density at radius 2 is 1.73 bits per heavy atom. The number of nitrogens with one attached hydrogen (secondary N) is 1. The lowest BCUT2D eigenvalue weighted by molar-refractivity contribution is -0.148. The summed E-state index contributed by atoms with van der Waals surface area (Å²) in [4.78, 5) is 23.7. The van der Waals surface area contributed by atoms with Crippen LogP contribution in [0, 0.1) is 0 Å². The normalized spacial score (nSPS) is 13.0. The first-order valence-electron chi connectivity index (χ1n) is 7.18. The van der Waals surface area contributed by atoms with E-state index < -0.39 is 6.04 Å². The number of carbonyl (C=O) groups is 2. The molecule has 0 saturated heterocycles. The van der Waals surface area contributed by atoms with Gasteiger partial charge in [-0.15, -0.1) is 12.4 Å². The van der Waals surface area contributed by atoms with Crippen molar-refractivity contribution in [2.45, 2.75) is 51.8 Å². The number of halogens is 1. The van der Waals surface area contributed by atoms with Gasteiger partial charge in [0.15, 0.2) is 0 Å². The van der Waals surface area contributed by atoms with Gasteiger partial charge in [0.2, 0.25) is 5.91 Å². The van der Waals surface area contributed by atoms with E-state index in [-0.39, 0.29) is 49.3 Å². The lowest BCUT2D eigenvalue weighted by Crippen LogP contribution is -2.34. The van der Waals surface area contributed by atoms with Crippen LogP contribution in [-0.4, -0.2) is 24.0 Å². The summed E-state index contributed by atoms with van der Waals surface area (Å²) in [5.41, 5.74) is 6.49. The maximum atomic E-state index is 11.9. The summed E-state index contributed by atoms with van der Waals surface area (Å²) in [6.45, 7) is 5.36. The van der Waals surface area contributed by atoms with Crippen LogP contribution in [0.25, 0.3) is 0 Å². The van der Waals surface area contributed by atoms with Crippen LogP contribution in [0.2, 0.25) is 0 Å². The summed E-state index contributed by atoms with van der Waals surface area (Å²) in [6.07, 6.45) is 0.156. The van der Waals surface area contributed by atoms with Crippen molar-refractivity contribution in [2.75, 3.05) is 0 Å². The maximum Gasteiger partial charge on any atom is 0.308 e. The second kappa shape index (κ2) is 10.2. The number of ether oxygens (including phenoxy) is 1. The molecule has 0 spiro atoms. The van der Waals surface area contributed by atoms with Crippen LogP contribution in [0.1, 0.15) is 45.2 Å². The number of nitrogens with two attached hydrogens (primary N) is 1. The van der Waals surface area contributed by atoms with Crippen LogP contribution >= 0.6 is 12.4 Å². The van der Waals surface area contributed by atoms with Crippen LogP contribution in [0.4, 0.5) is 0 Å². The molecule has 0 saturated carbocycles. The van der Waals surface area contributed by atoms with Gasteiger partial charge in [-0.25, -0.2) is 0 Å². The van der Waals surface area contributed by atoms with Gasteiger partial charge < -0.3 is 15.8 Å². The molecule has 1 aromatic rings. The van der Waals surface area contributed by atoms with E-state index in [4.69, 9.17) is 10.5 Å². The second-order valence-electron chi connectivity index (χ2n) is 5.45. The Kier molecular flexibility index (Phi) is 9.45. The van der Waals surface area contributed by atoms with Gasteiger partial charge in [0.25, 0.3) is 0 Å². The number of hydrogen-bond acceptors (Lipinski definition) is 4. The predicted octanol–water partition coefficient (Wildman–Crippen LogP) is 2.34. The van der Waals surface area contributed by atoms with Crippen LogP contribution in [-0.2, 0) is 14.3 Å². The second-order valence-corrected chi connectivity index (χ2v) is 5.45. The molecule has 2 atom stereocenters. The van der Waals surface area contributed by atoms with Gasteiger partial charge in [-0.2, -0.15) is 0 Å². The van der Waals surface area contributed by atoms with E-state index in [0.29, 0.717) is 0 Å². The summed E-state index contributed by atoms with van der Waals surface area (Å²) in [5.74, 6) is -0.504. The first-order valence-corrected chi connectivity index (χ1v) is 7.18. The molecule has 0 fully saturated rings. The Morgan fingerprint density at radius 1 is 1.14 bits per heavy atom. The van der Waals surface area contributed by atoms with E-state index in [2.05, 4.69) is 5.32 Å². The van der Waals surface area contributed by atoms with Gasteiger partial charge in [0, 0.05) is 12.5 Å². The lowest BCUT2D eigenvalue weighted by Gasteiger charge is -2.20. The molecule has 6 heteroatoms. The van der Waals surface area contributed by atoms with Crippen molar-refractivity contribution in [2.24, 2.45) is 5.73 Å². The standard InChI is InChI=1S/C16H24N2O3.ClH/c1-11(2)21-16(20)10-14(13-7-5-4-6-8-13)18-15(19)9-12(3)17;/h4-8,11-12,14H,9-10,17H2,1-3H3,(H,18,19);1H. The smallest absolute Gasteiger partial charge is 0.308 e. The van der Waals surface area contributed by atoms with Crippen molar-refractivity contribution >= 4 is 24.3 Å². The first-order chi connectivity index (χ1) is 9.88. The van der Waals surface area contributed by atoms with Crippen molar-refractivity contribution in [3.8, 4) is 0 Å². The molecule has 0 heterocycles. The first kappa shape index (κ1) is 20.4. The SMILES string of the molecule is CC(N)CC(=O)NC(CC(=O)OC(C)C)c1ccccc1.Cl. The van der Waals surface area contributed by atoms with E-state index >= 15 is 0 Å². The Labute approximate surface area is 138 Å². The van der Waals surface area contributed by atoms with E-state index in [1.807, 2.05) is 30.3 Å². The maximum absolute atomic E-state index is 11.9. The molecule has 124 valence electrons. The molecule has 0 aromatic heterocycles. The zero-order valence-corrected chi connectivity index (χ0v) is 14.1. The van der Waals surface area contributed by atoms with Gasteiger partial charge in [-0.3, -0.25) is 9.59 Å². The average molecular weight is 329 g/mol. The van der Waals surface area contributed by atoms with Crippen LogP contribution in [0.15, 0.2) is 30.3 Å². The van der Waals surface area contributed by atoms with Crippen molar-refractivity contribution in [1.29, 1.82) is 0 Å².